The molecule has 0 saturated heterocycles. The zero-order valence-electron chi connectivity index (χ0n) is 14.5. The van der Waals surface area contributed by atoms with E-state index in [1.165, 1.54) is 43.9 Å². The summed E-state index contributed by atoms with van der Waals surface area (Å²) in [7, 11) is 0. The maximum absolute atomic E-state index is 14.4. The predicted molar refractivity (Wildman–Crippen MR) is 95.1 cm³/mol. The van der Waals surface area contributed by atoms with Crippen LogP contribution in [0.25, 0.3) is 16.9 Å². The Hall–Kier alpha value is -2.29. The highest BCUT2D eigenvalue weighted by atomic mass is 32.2. The topological polar surface area (TPSA) is 65.6 Å². The minimum Gasteiger partial charge on any atom is -0.267 e. The number of hydrogen-bond acceptors (Lipinski definition) is 5. The van der Waals surface area contributed by atoms with Crippen LogP contribution in [0.3, 0.4) is 0 Å². The monoisotopic (exact) mass is 377 g/mol. The Balaban J connectivity index is 2.05. The molecule has 9 heteroatoms. The number of alkyl halides is 1. The van der Waals surface area contributed by atoms with Gasteiger partial charge in [-0.25, -0.2) is 33.1 Å². The van der Waals surface area contributed by atoms with Gasteiger partial charge in [-0.05, 0) is 45.1 Å². The first-order valence-electron chi connectivity index (χ1n) is 8.22. The van der Waals surface area contributed by atoms with Gasteiger partial charge in [0.2, 0.25) is 0 Å². The van der Waals surface area contributed by atoms with Crippen molar-refractivity contribution >= 4 is 22.8 Å². The molecule has 3 aromatic heterocycles. The molecular formula is C17H17F2N5OS. The molecule has 3 heterocycles. The largest absolute Gasteiger partial charge is 0.278 e. The minimum absolute atomic E-state index is 0.0307. The van der Waals surface area contributed by atoms with E-state index in [0.717, 1.165) is 12.8 Å². The van der Waals surface area contributed by atoms with E-state index in [1.807, 2.05) is 6.26 Å². The molecule has 1 saturated carbocycles. The molecule has 26 heavy (non-hydrogen) atoms. The Bertz CT molecular complexity index is 1070. The lowest BCUT2D eigenvalue weighted by atomic mass is 10.1. The summed E-state index contributed by atoms with van der Waals surface area (Å²) in [6, 6.07) is 2.63. The van der Waals surface area contributed by atoms with Gasteiger partial charge < -0.3 is 0 Å². The van der Waals surface area contributed by atoms with Crippen molar-refractivity contribution in [3.63, 3.8) is 0 Å². The molecule has 0 spiro atoms. The van der Waals surface area contributed by atoms with Gasteiger partial charge >= 0.3 is 0 Å². The third kappa shape index (κ3) is 2.70. The number of fused-ring (bicyclic) bond motifs is 1. The fourth-order valence-corrected chi connectivity index (χ4v) is 3.25. The van der Waals surface area contributed by atoms with E-state index in [-0.39, 0.29) is 23.1 Å². The Kier molecular flexibility index (Phi) is 3.87. The summed E-state index contributed by atoms with van der Waals surface area (Å²) in [5.74, 6) is -0.464. The average molecular weight is 377 g/mol. The van der Waals surface area contributed by atoms with E-state index in [4.69, 9.17) is 0 Å². The molecule has 0 amide bonds. The smallest absolute Gasteiger partial charge is 0.267 e. The Morgan fingerprint density at radius 2 is 2.00 bits per heavy atom. The summed E-state index contributed by atoms with van der Waals surface area (Å²) in [6.07, 6.45) is 5.06. The van der Waals surface area contributed by atoms with Gasteiger partial charge in [0.25, 0.3) is 5.56 Å². The molecule has 0 N–H and O–H groups in total. The van der Waals surface area contributed by atoms with E-state index < -0.39 is 11.5 Å². The molecule has 4 rings (SSSR count). The second kappa shape index (κ2) is 5.87. The standard InChI is InChI=1S/C17H17F2N5OS/c1-17(2,19)13-11(18)6-7-12(21-13)24-14-10(8-20-16(22-14)26-3)15(25)23(24)9-4-5-9/h6-9H,4-5H2,1-3H3. The normalized spacial score (nSPS) is 15.0. The van der Waals surface area contributed by atoms with Gasteiger partial charge in [0.05, 0.1) is 6.04 Å². The van der Waals surface area contributed by atoms with Crippen molar-refractivity contribution in [3.05, 3.63) is 40.2 Å². The van der Waals surface area contributed by atoms with Gasteiger partial charge in [0.1, 0.15) is 22.6 Å². The van der Waals surface area contributed by atoms with Crippen LogP contribution in [0.4, 0.5) is 8.78 Å². The van der Waals surface area contributed by atoms with Gasteiger partial charge in [-0.1, -0.05) is 11.8 Å². The van der Waals surface area contributed by atoms with Crippen molar-refractivity contribution in [2.75, 3.05) is 6.26 Å². The lowest BCUT2D eigenvalue weighted by Crippen LogP contribution is -2.23. The molecule has 1 aliphatic carbocycles. The highest BCUT2D eigenvalue weighted by Gasteiger charge is 2.32. The van der Waals surface area contributed by atoms with E-state index >= 15 is 0 Å². The molecule has 0 bridgehead atoms. The summed E-state index contributed by atoms with van der Waals surface area (Å²) in [4.78, 5) is 25.6. The van der Waals surface area contributed by atoms with Crippen molar-refractivity contribution in [2.24, 2.45) is 0 Å². The Morgan fingerprint density at radius 3 is 2.62 bits per heavy atom. The van der Waals surface area contributed by atoms with Crippen LogP contribution < -0.4 is 5.56 Å². The first-order valence-corrected chi connectivity index (χ1v) is 9.44. The molecule has 1 fully saturated rings. The molecule has 6 nitrogen and oxygen atoms in total. The Morgan fingerprint density at radius 1 is 1.27 bits per heavy atom. The fourth-order valence-electron chi connectivity index (χ4n) is 2.92. The molecule has 3 aromatic rings. The van der Waals surface area contributed by atoms with Crippen LogP contribution in [0.5, 0.6) is 0 Å². The van der Waals surface area contributed by atoms with Crippen molar-refractivity contribution in [2.45, 2.75) is 43.6 Å². The molecule has 0 aromatic carbocycles. The number of aromatic nitrogens is 5. The predicted octanol–water partition coefficient (Wildman–Crippen LogP) is 3.38. The van der Waals surface area contributed by atoms with E-state index in [9.17, 15) is 13.6 Å². The van der Waals surface area contributed by atoms with Gasteiger partial charge in [-0.15, -0.1) is 0 Å². The van der Waals surface area contributed by atoms with Crippen LogP contribution in [0.2, 0.25) is 0 Å². The van der Waals surface area contributed by atoms with Crippen molar-refractivity contribution < 1.29 is 8.78 Å². The maximum Gasteiger partial charge on any atom is 0.278 e. The third-order valence-electron chi connectivity index (χ3n) is 4.29. The zero-order valence-corrected chi connectivity index (χ0v) is 15.3. The molecular weight excluding hydrogens is 360 g/mol. The first-order chi connectivity index (χ1) is 12.3. The Labute approximate surface area is 152 Å². The van der Waals surface area contributed by atoms with Crippen molar-refractivity contribution in [1.82, 2.24) is 24.3 Å². The van der Waals surface area contributed by atoms with Gasteiger partial charge in [0, 0.05) is 6.20 Å². The second-order valence-electron chi connectivity index (χ2n) is 6.76. The minimum atomic E-state index is -1.95. The van der Waals surface area contributed by atoms with Crippen LogP contribution in [-0.2, 0) is 5.67 Å². The fraction of sp³-hybridized carbons (Fsp3) is 0.412. The summed E-state index contributed by atoms with van der Waals surface area (Å²) < 4.78 is 31.6. The number of pyridine rings is 1. The quantitative estimate of drug-likeness (QED) is 0.515. The zero-order chi connectivity index (χ0) is 18.6. The molecule has 136 valence electrons. The summed E-state index contributed by atoms with van der Waals surface area (Å²) >= 11 is 1.35. The summed E-state index contributed by atoms with van der Waals surface area (Å²) in [6.45, 7) is 2.50. The maximum atomic E-state index is 14.4. The average Bonchev–Trinajstić information content (AvgIpc) is 3.39. The van der Waals surface area contributed by atoms with Crippen LogP contribution >= 0.6 is 11.8 Å². The number of nitrogens with zero attached hydrogens (tertiary/aromatic N) is 5. The first kappa shape index (κ1) is 17.1. The molecule has 0 atom stereocenters. The van der Waals surface area contributed by atoms with Crippen LogP contribution in [0, 0.1) is 5.82 Å². The summed E-state index contributed by atoms with van der Waals surface area (Å²) in [5.41, 5.74) is -2.08. The highest BCUT2D eigenvalue weighted by molar-refractivity contribution is 7.98. The molecule has 1 aliphatic rings. The lowest BCUT2D eigenvalue weighted by molar-refractivity contribution is 0.205. The van der Waals surface area contributed by atoms with Gasteiger partial charge in [-0.2, -0.15) is 0 Å². The van der Waals surface area contributed by atoms with Crippen LogP contribution in [-0.4, -0.2) is 30.6 Å². The SMILES string of the molecule is CSc1ncc2c(=O)n(C3CC3)n(-c3ccc(F)c(C(C)(C)F)n3)c2n1. The van der Waals surface area contributed by atoms with Crippen LogP contribution in [0.15, 0.2) is 28.3 Å². The number of hydrogen-bond donors (Lipinski definition) is 0. The molecule has 0 radical (unpaired) electrons. The lowest BCUT2D eigenvalue weighted by Gasteiger charge is -2.17. The van der Waals surface area contributed by atoms with Crippen molar-refractivity contribution in [1.29, 1.82) is 0 Å². The van der Waals surface area contributed by atoms with E-state index in [0.29, 0.717) is 16.2 Å². The van der Waals surface area contributed by atoms with E-state index in [1.54, 1.807) is 9.36 Å². The van der Waals surface area contributed by atoms with Gasteiger partial charge in [0.15, 0.2) is 16.6 Å². The second-order valence-corrected chi connectivity index (χ2v) is 7.53. The number of halogens is 2. The van der Waals surface area contributed by atoms with E-state index in [2.05, 4.69) is 15.0 Å². The molecule has 0 aliphatic heterocycles. The van der Waals surface area contributed by atoms with Crippen molar-refractivity contribution in [3.8, 4) is 5.82 Å². The number of thioether (sulfide) groups is 1. The number of rotatable bonds is 4. The van der Waals surface area contributed by atoms with Gasteiger partial charge in [-0.3, -0.25) is 4.79 Å². The van der Waals surface area contributed by atoms with Crippen LogP contribution in [0.1, 0.15) is 38.4 Å². The summed E-state index contributed by atoms with van der Waals surface area (Å²) in [5, 5.41) is 0.870. The third-order valence-corrected chi connectivity index (χ3v) is 4.85. The highest BCUT2D eigenvalue weighted by Crippen LogP contribution is 2.36. The molecule has 0 unspecified atom stereocenters.